The molecule has 74 valence electrons. The first-order chi connectivity index (χ1) is 6.86. The third-order valence-electron chi connectivity index (χ3n) is 3.67. The van der Waals surface area contributed by atoms with Gasteiger partial charge in [0, 0.05) is 5.54 Å². The first kappa shape index (κ1) is 8.49. The third-order valence-corrected chi connectivity index (χ3v) is 3.67. The van der Waals surface area contributed by atoms with Crippen molar-refractivity contribution in [3.8, 4) is 0 Å². The topological polar surface area (TPSA) is 12.0 Å². The van der Waals surface area contributed by atoms with Crippen LogP contribution >= 0.6 is 0 Å². The van der Waals surface area contributed by atoms with Gasteiger partial charge in [-0.05, 0) is 43.7 Å². The normalized spacial score (nSPS) is 28.1. The lowest BCUT2D eigenvalue weighted by Crippen LogP contribution is -2.22. The fraction of sp³-hybridized carbons (Fsp3) is 0.538. The van der Waals surface area contributed by atoms with Crippen LogP contribution in [-0.2, 0) is 6.42 Å². The molecule has 1 aromatic rings. The lowest BCUT2D eigenvalue weighted by molar-refractivity contribution is 0.544. The molecule has 1 spiro atoms. The summed E-state index contributed by atoms with van der Waals surface area (Å²) in [7, 11) is 0. The number of benzene rings is 1. The van der Waals surface area contributed by atoms with E-state index in [1.54, 1.807) is 0 Å². The molecule has 1 N–H and O–H groups in total. The SMILES string of the molecule is c1ccc(CC2CNC3(CC3)C2)cc1. The van der Waals surface area contributed by atoms with Crippen LogP contribution in [-0.4, -0.2) is 12.1 Å². The van der Waals surface area contributed by atoms with Gasteiger partial charge in [-0.3, -0.25) is 0 Å². The van der Waals surface area contributed by atoms with Crippen LogP contribution in [0.1, 0.15) is 24.8 Å². The van der Waals surface area contributed by atoms with Crippen LogP contribution in [0.3, 0.4) is 0 Å². The first-order valence-electron chi connectivity index (χ1n) is 5.65. The summed E-state index contributed by atoms with van der Waals surface area (Å²) in [6.07, 6.45) is 5.49. The summed E-state index contributed by atoms with van der Waals surface area (Å²) >= 11 is 0. The fourth-order valence-electron chi connectivity index (χ4n) is 2.68. The number of hydrogen-bond donors (Lipinski definition) is 1. The number of hydrogen-bond acceptors (Lipinski definition) is 1. The van der Waals surface area contributed by atoms with Gasteiger partial charge in [-0.15, -0.1) is 0 Å². The highest BCUT2D eigenvalue weighted by molar-refractivity contribution is 5.17. The highest BCUT2D eigenvalue weighted by Crippen LogP contribution is 2.45. The Bertz CT molecular complexity index is 313. The van der Waals surface area contributed by atoms with Gasteiger partial charge in [0.2, 0.25) is 0 Å². The van der Waals surface area contributed by atoms with Gasteiger partial charge in [0.1, 0.15) is 0 Å². The van der Waals surface area contributed by atoms with E-state index in [1.807, 2.05) is 0 Å². The van der Waals surface area contributed by atoms with Crippen LogP contribution in [0.5, 0.6) is 0 Å². The van der Waals surface area contributed by atoms with E-state index in [0.717, 1.165) is 5.92 Å². The van der Waals surface area contributed by atoms with Crippen LogP contribution in [0.15, 0.2) is 30.3 Å². The Labute approximate surface area is 85.5 Å². The molecule has 1 aliphatic carbocycles. The van der Waals surface area contributed by atoms with Crippen molar-refractivity contribution in [2.24, 2.45) is 5.92 Å². The zero-order valence-electron chi connectivity index (χ0n) is 8.50. The summed E-state index contributed by atoms with van der Waals surface area (Å²) in [5.41, 5.74) is 2.09. The van der Waals surface area contributed by atoms with Gasteiger partial charge in [-0.2, -0.15) is 0 Å². The van der Waals surface area contributed by atoms with Gasteiger partial charge in [-0.25, -0.2) is 0 Å². The minimum Gasteiger partial charge on any atom is -0.311 e. The second-order valence-corrected chi connectivity index (χ2v) is 4.92. The largest absolute Gasteiger partial charge is 0.311 e. The molecule has 2 fully saturated rings. The Morgan fingerprint density at radius 3 is 2.64 bits per heavy atom. The van der Waals surface area contributed by atoms with Gasteiger partial charge >= 0.3 is 0 Å². The van der Waals surface area contributed by atoms with Crippen LogP contribution in [0.2, 0.25) is 0 Å². The molecule has 1 aromatic carbocycles. The molecule has 1 saturated carbocycles. The summed E-state index contributed by atoms with van der Waals surface area (Å²) in [6.45, 7) is 1.23. The molecule has 1 saturated heterocycles. The van der Waals surface area contributed by atoms with E-state index in [2.05, 4.69) is 35.6 Å². The van der Waals surface area contributed by atoms with Gasteiger partial charge in [-0.1, -0.05) is 30.3 Å². The predicted octanol–water partition coefficient (Wildman–Crippen LogP) is 2.37. The summed E-state index contributed by atoms with van der Waals surface area (Å²) in [5.74, 6) is 0.875. The first-order valence-corrected chi connectivity index (χ1v) is 5.65. The summed E-state index contributed by atoms with van der Waals surface area (Å²) < 4.78 is 0. The number of rotatable bonds is 2. The highest BCUT2D eigenvalue weighted by Gasteiger charge is 2.47. The van der Waals surface area contributed by atoms with E-state index in [9.17, 15) is 0 Å². The Balaban J connectivity index is 1.63. The molecule has 0 bridgehead atoms. The molecule has 1 heteroatoms. The molecule has 1 atom stereocenters. The Kier molecular flexibility index (Phi) is 1.88. The molecule has 3 rings (SSSR count). The lowest BCUT2D eigenvalue weighted by Gasteiger charge is -2.08. The average Bonchev–Trinajstić information content (AvgIpc) is 2.84. The molecule has 1 unspecified atom stereocenters. The summed E-state index contributed by atoms with van der Waals surface area (Å²) in [4.78, 5) is 0. The van der Waals surface area contributed by atoms with E-state index in [0.29, 0.717) is 5.54 Å². The summed E-state index contributed by atoms with van der Waals surface area (Å²) in [5, 5.41) is 3.68. The van der Waals surface area contributed by atoms with Crippen molar-refractivity contribution < 1.29 is 0 Å². The second-order valence-electron chi connectivity index (χ2n) is 4.92. The predicted molar refractivity (Wildman–Crippen MR) is 58.2 cm³/mol. The minimum atomic E-state index is 0.597. The van der Waals surface area contributed by atoms with Gasteiger partial charge in [0.25, 0.3) is 0 Å². The van der Waals surface area contributed by atoms with E-state index in [4.69, 9.17) is 0 Å². The molecular formula is C13H17N. The maximum Gasteiger partial charge on any atom is 0.0186 e. The van der Waals surface area contributed by atoms with Crippen molar-refractivity contribution in [2.45, 2.75) is 31.2 Å². The van der Waals surface area contributed by atoms with Crippen molar-refractivity contribution in [3.05, 3.63) is 35.9 Å². The lowest BCUT2D eigenvalue weighted by atomic mass is 9.96. The molecule has 1 nitrogen and oxygen atoms in total. The molecule has 1 aliphatic heterocycles. The van der Waals surface area contributed by atoms with Crippen molar-refractivity contribution in [1.82, 2.24) is 5.32 Å². The molecule has 1 heterocycles. The molecule has 0 amide bonds. The standard InChI is InChI=1S/C13H17N/c1-2-4-11(5-3-1)8-12-9-13(6-7-13)14-10-12/h1-5,12,14H,6-10H2. The van der Waals surface area contributed by atoms with Crippen LogP contribution in [0, 0.1) is 5.92 Å². The van der Waals surface area contributed by atoms with Gasteiger partial charge in [0.15, 0.2) is 0 Å². The quantitative estimate of drug-likeness (QED) is 0.749. The van der Waals surface area contributed by atoms with Crippen molar-refractivity contribution in [3.63, 3.8) is 0 Å². The maximum atomic E-state index is 3.68. The zero-order chi connectivity index (χ0) is 9.43. The molecule has 14 heavy (non-hydrogen) atoms. The average molecular weight is 187 g/mol. The minimum absolute atomic E-state index is 0.597. The molecule has 0 aromatic heterocycles. The third kappa shape index (κ3) is 1.57. The van der Waals surface area contributed by atoms with E-state index in [-0.39, 0.29) is 0 Å². The van der Waals surface area contributed by atoms with Crippen molar-refractivity contribution >= 4 is 0 Å². The smallest absolute Gasteiger partial charge is 0.0186 e. The van der Waals surface area contributed by atoms with Crippen molar-refractivity contribution in [1.29, 1.82) is 0 Å². The van der Waals surface area contributed by atoms with E-state index < -0.39 is 0 Å². The van der Waals surface area contributed by atoms with Crippen molar-refractivity contribution in [2.75, 3.05) is 6.54 Å². The molecule has 0 radical (unpaired) electrons. The van der Waals surface area contributed by atoms with Gasteiger partial charge < -0.3 is 5.32 Å². The fourth-order valence-corrected chi connectivity index (χ4v) is 2.68. The zero-order valence-corrected chi connectivity index (χ0v) is 8.50. The second kappa shape index (κ2) is 3.09. The monoisotopic (exact) mass is 187 g/mol. The highest BCUT2D eigenvalue weighted by atomic mass is 15.1. The van der Waals surface area contributed by atoms with Crippen LogP contribution in [0.25, 0.3) is 0 Å². The Hall–Kier alpha value is -0.820. The maximum absolute atomic E-state index is 3.68. The molecular weight excluding hydrogens is 170 g/mol. The Morgan fingerprint density at radius 1 is 1.21 bits per heavy atom. The van der Waals surface area contributed by atoms with Crippen LogP contribution in [0.4, 0.5) is 0 Å². The van der Waals surface area contributed by atoms with E-state index in [1.165, 1.54) is 37.8 Å². The Morgan fingerprint density at radius 2 is 2.00 bits per heavy atom. The van der Waals surface area contributed by atoms with Crippen LogP contribution < -0.4 is 5.32 Å². The van der Waals surface area contributed by atoms with Gasteiger partial charge in [0.05, 0.1) is 0 Å². The molecule has 2 aliphatic rings. The summed E-state index contributed by atoms with van der Waals surface area (Å²) in [6, 6.07) is 10.9. The number of nitrogens with one attached hydrogen (secondary N) is 1. The van der Waals surface area contributed by atoms with E-state index >= 15 is 0 Å².